The first-order valence-electron chi connectivity index (χ1n) is 8.29. The van der Waals surface area contributed by atoms with Crippen LogP contribution in [0.2, 0.25) is 0 Å². The molecule has 0 N–H and O–H groups in total. The third kappa shape index (κ3) is 4.00. The highest BCUT2D eigenvalue weighted by Crippen LogP contribution is 2.14. The minimum Gasteiger partial charge on any atom is -0.424 e. The SMILES string of the molecule is CC(C)c1nnc(CN2CCN(C(=O)N3CCOCC3)CC2)o1. The standard InChI is InChI=1S/C15H25N5O3/c1-12(2)14-17-16-13(23-14)11-18-3-5-19(6-4-18)15(21)20-7-9-22-10-8-20/h12H,3-11H2,1-2H3. The lowest BCUT2D eigenvalue weighted by Gasteiger charge is -2.38. The average molecular weight is 323 g/mol. The minimum atomic E-state index is 0.132. The Bertz CT molecular complexity index is 519. The van der Waals surface area contributed by atoms with Gasteiger partial charge in [0.2, 0.25) is 11.8 Å². The van der Waals surface area contributed by atoms with Crippen molar-refractivity contribution in [2.24, 2.45) is 0 Å². The zero-order chi connectivity index (χ0) is 16.2. The van der Waals surface area contributed by atoms with E-state index in [1.807, 2.05) is 23.6 Å². The van der Waals surface area contributed by atoms with Crippen LogP contribution in [0.3, 0.4) is 0 Å². The third-order valence-electron chi connectivity index (χ3n) is 4.26. The Hall–Kier alpha value is -1.67. The molecule has 128 valence electrons. The lowest BCUT2D eigenvalue weighted by Crippen LogP contribution is -2.54. The number of hydrogen-bond donors (Lipinski definition) is 0. The van der Waals surface area contributed by atoms with Gasteiger partial charge in [0.15, 0.2) is 0 Å². The molecule has 1 aromatic rings. The van der Waals surface area contributed by atoms with Gasteiger partial charge in [-0.1, -0.05) is 13.8 Å². The molecule has 8 nitrogen and oxygen atoms in total. The number of nitrogens with zero attached hydrogens (tertiary/aromatic N) is 5. The maximum Gasteiger partial charge on any atom is 0.320 e. The third-order valence-corrected chi connectivity index (χ3v) is 4.26. The molecule has 2 fully saturated rings. The van der Waals surface area contributed by atoms with Crippen molar-refractivity contribution in [3.05, 3.63) is 11.8 Å². The van der Waals surface area contributed by atoms with Crippen LogP contribution in [-0.2, 0) is 11.3 Å². The van der Waals surface area contributed by atoms with Crippen molar-refractivity contribution in [1.82, 2.24) is 24.9 Å². The number of ether oxygens (including phenoxy) is 1. The zero-order valence-electron chi connectivity index (χ0n) is 13.9. The fourth-order valence-electron chi connectivity index (χ4n) is 2.81. The Kier molecular flexibility index (Phi) is 5.12. The minimum absolute atomic E-state index is 0.132. The molecule has 0 aliphatic carbocycles. The first-order valence-corrected chi connectivity index (χ1v) is 8.29. The van der Waals surface area contributed by atoms with Crippen molar-refractivity contribution >= 4 is 6.03 Å². The summed E-state index contributed by atoms with van der Waals surface area (Å²) in [6, 6.07) is 0.132. The molecule has 1 aromatic heterocycles. The summed E-state index contributed by atoms with van der Waals surface area (Å²) in [4.78, 5) is 18.5. The second-order valence-corrected chi connectivity index (χ2v) is 6.33. The molecule has 0 atom stereocenters. The van der Waals surface area contributed by atoms with Gasteiger partial charge >= 0.3 is 6.03 Å². The molecule has 0 aromatic carbocycles. The molecular weight excluding hydrogens is 298 g/mol. The largest absolute Gasteiger partial charge is 0.424 e. The summed E-state index contributed by atoms with van der Waals surface area (Å²) >= 11 is 0. The van der Waals surface area contributed by atoms with Gasteiger partial charge in [-0.3, -0.25) is 4.90 Å². The Morgan fingerprint density at radius 2 is 1.70 bits per heavy atom. The van der Waals surface area contributed by atoms with Gasteiger partial charge in [-0.15, -0.1) is 10.2 Å². The average Bonchev–Trinajstić information content (AvgIpc) is 3.04. The van der Waals surface area contributed by atoms with E-state index in [-0.39, 0.29) is 11.9 Å². The van der Waals surface area contributed by atoms with Crippen LogP contribution in [0.4, 0.5) is 4.79 Å². The maximum absolute atomic E-state index is 12.4. The van der Waals surface area contributed by atoms with E-state index >= 15 is 0 Å². The first-order chi connectivity index (χ1) is 11.1. The van der Waals surface area contributed by atoms with E-state index in [9.17, 15) is 4.79 Å². The number of rotatable bonds is 3. The second kappa shape index (κ2) is 7.27. The molecule has 2 amide bonds. The molecule has 0 spiro atoms. The molecule has 8 heteroatoms. The first kappa shape index (κ1) is 16.2. The highest BCUT2D eigenvalue weighted by Gasteiger charge is 2.27. The monoisotopic (exact) mass is 323 g/mol. The van der Waals surface area contributed by atoms with Crippen LogP contribution in [-0.4, -0.2) is 83.4 Å². The number of urea groups is 1. The van der Waals surface area contributed by atoms with E-state index in [2.05, 4.69) is 15.1 Å². The van der Waals surface area contributed by atoms with Gasteiger partial charge in [0.1, 0.15) is 0 Å². The predicted octanol–water partition coefficient (Wildman–Crippen LogP) is 0.763. The number of morpholine rings is 1. The van der Waals surface area contributed by atoms with E-state index in [1.165, 1.54) is 0 Å². The molecule has 2 aliphatic heterocycles. The van der Waals surface area contributed by atoms with Gasteiger partial charge in [0.25, 0.3) is 0 Å². The highest BCUT2D eigenvalue weighted by atomic mass is 16.5. The van der Waals surface area contributed by atoms with Crippen LogP contribution in [0.1, 0.15) is 31.5 Å². The van der Waals surface area contributed by atoms with Crippen molar-refractivity contribution in [3.8, 4) is 0 Å². The van der Waals surface area contributed by atoms with E-state index in [0.717, 1.165) is 26.2 Å². The smallest absolute Gasteiger partial charge is 0.320 e. The van der Waals surface area contributed by atoms with E-state index in [4.69, 9.17) is 9.15 Å². The highest BCUT2D eigenvalue weighted by molar-refractivity contribution is 5.74. The van der Waals surface area contributed by atoms with Crippen LogP contribution in [0.25, 0.3) is 0 Å². The summed E-state index contributed by atoms with van der Waals surface area (Å²) in [6.45, 7) is 10.5. The van der Waals surface area contributed by atoms with Gasteiger partial charge in [-0.25, -0.2) is 4.79 Å². The molecule has 0 unspecified atom stereocenters. The predicted molar refractivity (Wildman–Crippen MR) is 83.0 cm³/mol. The van der Waals surface area contributed by atoms with Crippen molar-refractivity contribution in [2.75, 3.05) is 52.5 Å². The summed E-state index contributed by atoms with van der Waals surface area (Å²) in [5.41, 5.74) is 0. The molecule has 2 saturated heterocycles. The normalized spacial score (nSPS) is 20.3. The van der Waals surface area contributed by atoms with Crippen molar-refractivity contribution in [2.45, 2.75) is 26.3 Å². The second-order valence-electron chi connectivity index (χ2n) is 6.33. The summed E-state index contributed by atoms with van der Waals surface area (Å²) in [6.07, 6.45) is 0. The van der Waals surface area contributed by atoms with E-state index < -0.39 is 0 Å². The maximum atomic E-state index is 12.4. The number of hydrogen-bond acceptors (Lipinski definition) is 6. The van der Waals surface area contributed by atoms with Crippen molar-refractivity contribution < 1.29 is 13.9 Å². The van der Waals surface area contributed by atoms with Crippen LogP contribution >= 0.6 is 0 Å². The van der Waals surface area contributed by atoms with Gasteiger partial charge in [0.05, 0.1) is 19.8 Å². The van der Waals surface area contributed by atoms with Gasteiger partial charge < -0.3 is 19.0 Å². The van der Waals surface area contributed by atoms with Crippen LogP contribution < -0.4 is 0 Å². The number of amides is 2. The quantitative estimate of drug-likeness (QED) is 0.818. The fraction of sp³-hybridized carbons (Fsp3) is 0.800. The lowest BCUT2D eigenvalue weighted by molar-refractivity contribution is 0.0368. The van der Waals surface area contributed by atoms with E-state index in [1.54, 1.807) is 0 Å². The Morgan fingerprint density at radius 3 is 2.30 bits per heavy atom. The number of piperazine rings is 1. The van der Waals surface area contributed by atoms with Gasteiger partial charge in [-0.2, -0.15) is 0 Å². The molecule has 0 bridgehead atoms. The number of carbonyl (C=O) groups excluding carboxylic acids is 1. The summed E-state index contributed by atoms with van der Waals surface area (Å²) < 4.78 is 10.9. The molecule has 23 heavy (non-hydrogen) atoms. The molecular formula is C15H25N5O3. The molecule has 0 radical (unpaired) electrons. The van der Waals surface area contributed by atoms with Gasteiger partial charge in [-0.05, 0) is 0 Å². The zero-order valence-corrected chi connectivity index (χ0v) is 13.9. The molecule has 3 rings (SSSR count). The Morgan fingerprint density at radius 1 is 1.04 bits per heavy atom. The topological polar surface area (TPSA) is 74.9 Å². The van der Waals surface area contributed by atoms with Crippen LogP contribution in [0.5, 0.6) is 0 Å². The number of aromatic nitrogens is 2. The van der Waals surface area contributed by atoms with E-state index in [0.29, 0.717) is 44.6 Å². The fourth-order valence-corrected chi connectivity index (χ4v) is 2.81. The number of carbonyl (C=O) groups is 1. The summed E-state index contributed by atoms with van der Waals surface area (Å²) in [5, 5.41) is 8.16. The summed E-state index contributed by atoms with van der Waals surface area (Å²) in [7, 11) is 0. The molecule has 3 heterocycles. The lowest BCUT2D eigenvalue weighted by atomic mass is 10.2. The Balaban J connectivity index is 1.47. The summed E-state index contributed by atoms with van der Waals surface area (Å²) in [5.74, 6) is 1.59. The van der Waals surface area contributed by atoms with Crippen molar-refractivity contribution in [3.63, 3.8) is 0 Å². The van der Waals surface area contributed by atoms with Crippen molar-refractivity contribution in [1.29, 1.82) is 0 Å². The van der Waals surface area contributed by atoms with Crippen LogP contribution in [0, 0.1) is 0 Å². The molecule has 0 saturated carbocycles. The van der Waals surface area contributed by atoms with Gasteiger partial charge in [0, 0.05) is 45.2 Å². The Labute approximate surface area is 136 Å². The van der Waals surface area contributed by atoms with Crippen LogP contribution in [0.15, 0.2) is 4.42 Å². The molecule has 2 aliphatic rings.